The van der Waals surface area contributed by atoms with Crippen molar-refractivity contribution in [2.75, 3.05) is 19.8 Å². The average molecular weight is 215 g/mol. The van der Waals surface area contributed by atoms with E-state index in [1.165, 1.54) is 0 Å². The molecule has 0 spiro atoms. The first-order valence-electron chi connectivity index (χ1n) is 5.50. The van der Waals surface area contributed by atoms with Gasteiger partial charge in [-0.2, -0.15) is 0 Å². The lowest BCUT2D eigenvalue weighted by atomic mass is 10.1. The number of carbonyl (C=O) groups is 2. The molecule has 0 aliphatic heterocycles. The lowest BCUT2D eigenvalue weighted by molar-refractivity contribution is -0.125. The van der Waals surface area contributed by atoms with Gasteiger partial charge in [-0.1, -0.05) is 6.42 Å². The number of Topliss-reactive ketones (excluding diaryl/α,β-unsaturated/α-hetero) is 1. The molecule has 0 saturated heterocycles. The van der Waals surface area contributed by atoms with Crippen molar-refractivity contribution in [1.29, 1.82) is 0 Å². The van der Waals surface area contributed by atoms with Gasteiger partial charge < -0.3 is 14.8 Å². The molecule has 4 nitrogen and oxygen atoms in total. The van der Waals surface area contributed by atoms with Gasteiger partial charge in [0.25, 0.3) is 0 Å². The van der Waals surface area contributed by atoms with E-state index in [1.54, 1.807) is 6.92 Å². The molecule has 1 N–H and O–H groups in total. The molecule has 0 rings (SSSR count). The molecule has 15 heavy (non-hydrogen) atoms. The van der Waals surface area contributed by atoms with E-state index in [-0.39, 0.29) is 18.3 Å². The van der Waals surface area contributed by atoms with Gasteiger partial charge in [-0.3, -0.25) is 4.79 Å². The van der Waals surface area contributed by atoms with Crippen molar-refractivity contribution in [3.8, 4) is 0 Å². The molecule has 0 unspecified atom stereocenters. The topological polar surface area (TPSA) is 55.4 Å². The number of nitrogens with one attached hydrogen (secondary N) is 1. The largest absolute Gasteiger partial charge is 0.372 e. The predicted octanol–water partition coefficient (Wildman–Crippen LogP) is 1.29. The molecule has 0 bridgehead atoms. The van der Waals surface area contributed by atoms with E-state index in [0.29, 0.717) is 19.6 Å². The summed E-state index contributed by atoms with van der Waals surface area (Å²) in [7, 11) is 0. The minimum absolute atomic E-state index is 0.0663. The highest BCUT2D eigenvalue weighted by Gasteiger charge is 1.99. The number of unbranched alkanes of at least 4 members (excludes halogenated alkanes) is 2. The molecule has 0 aliphatic carbocycles. The molecule has 4 heteroatoms. The molecular formula is C11H21NO3. The first kappa shape index (κ1) is 14.1. The quantitative estimate of drug-likeness (QED) is 0.590. The first-order chi connectivity index (χ1) is 7.16. The highest BCUT2D eigenvalue weighted by molar-refractivity contribution is 5.77. The van der Waals surface area contributed by atoms with Crippen molar-refractivity contribution in [2.24, 2.45) is 0 Å². The van der Waals surface area contributed by atoms with Gasteiger partial charge in [0.05, 0.1) is 0 Å². The molecule has 0 radical (unpaired) electrons. The van der Waals surface area contributed by atoms with Crippen LogP contribution < -0.4 is 5.32 Å². The Labute approximate surface area is 91.4 Å². The summed E-state index contributed by atoms with van der Waals surface area (Å²) in [4.78, 5) is 21.7. The molecule has 0 fully saturated rings. The van der Waals surface area contributed by atoms with Crippen molar-refractivity contribution in [3.05, 3.63) is 0 Å². The van der Waals surface area contributed by atoms with Gasteiger partial charge in [-0.25, -0.2) is 0 Å². The Morgan fingerprint density at radius 3 is 2.53 bits per heavy atom. The van der Waals surface area contributed by atoms with Gasteiger partial charge in [0, 0.05) is 19.6 Å². The highest BCUT2D eigenvalue weighted by atomic mass is 16.5. The van der Waals surface area contributed by atoms with Crippen molar-refractivity contribution in [3.63, 3.8) is 0 Å². The molecular weight excluding hydrogens is 194 g/mol. The smallest absolute Gasteiger partial charge is 0.245 e. The van der Waals surface area contributed by atoms with Crippen molar-refractivity contribution in [2.45, 2.75) is 39.5 Å². The van der Waals surface area contributed by atoms with Crippen LogP contribution in [0.4, 0.5) is 0 Å². The summed E-state index contributed by atoms with van der Waals surface area (Å²) in [6.07, 6.45) is 3.46. The fourth-order valence-electron chi connectivity index (χ4n) is 1.15. The maximum atomic E-state index is 11.1. The summed E-state index contributed by atoms with van der Waals surface area (Å²) in [5, 5.41) is 2.76. The predicted molar refractivity (Wildman–Crippen MR) is 58.7 cm³/mol. The second-order valence-corrected chi connectivity index (χ2v) is 3.50. The van der Waals surface area contributed by atoms with Gasteiger partial charge in [0.2, 0.25) is 5.91 Å². The van der Waals surface area contributed by atoms with Crippen LogP contribution in [0.3, 0.4) is 0 Å². The van der Waals surface area contributed by atoms with E-state index in [9.17, 15) is 9.59 Å². The molecule has 0 aromatic heterocycles. The Kier molecular flexibility index (Phi) is 9.07. The van der Waals surface area contributed by atoms with Crippen molar-refractivity contribution in [1.82, 2.24) is 5.32 Å². The van der Waals surface area contributed by atoms with Gasteiger partial charge >= 0.3 is 0 Å². The van der Waals surface area contributed by atoms with Crippen molar-refractivity contribution < 1.29 is 14.3 Å². The van der Waals surface area contributed by atoms with Gasteiger partial charge in [0.15, 0.2) is 0 Å². The van der Waals surface area contributed by atoms with E-state index in [0.717, 1.165) is 19.3 Å². The van der Waals surface area contributed by atoms with Crippen LogP contribution in [0.1, 0.15) is 39.5 Å². The SMILES string of the molecule is CCOCC(=O)NCCCCCC(C)=O. The average Bonchev–Trinajstić information content (AvgIpc) is 2.19. The summed E-state index contributed by atoms with van der Waals surface area (Å²) < 4.78 is 4.95. The lowest BCUT2D eigenvalue weighted by Crippen LogP contribution is -2.28. The van der Waals surface area contributed by atoms with Crippen LogP contribution in [0.5, 0.6) is 0 Å². The van der Waals surface area contributed by atoms with Crippen molar-refractivity contribution >= 4 is 11.7 Å². The van der Waals surface area contributed by atoms with Crippen LogP contribution in [0.25, 0.3) is 0 Å². The molecule has 0 aromatic rings. The summed E-state index contributed by atoms with van der Waals surface area (Å²) >= 11 is 0. The Morgan fingerprint density at radius 2 is 1.93 bits per heavy atom. The molecule has 0 atom stereocenters. The summed E-state index contributed by atoms with van der Waals surface area (Å²) in [6.45, 7) is 4.83. The Hall–Kier alpha value is -0.900. The number of ketones is 1. The van der Waals surface area contributed by atoms with Crippen LogP contribution in [0.2, 0.25) is 0 Å². The van der Waals surface area contributed by atoms with Crippen LogP contribution >= 0.6 is 0 Å². The van der Waals surface area contributed by atoms with Gasteiger partial charge in [-0.15, -0.1) is 0 Å². The second-order valence-electron chi connectivity index (χ2n) is 3.50. The molecule has 0 aromatic carbocycles. The Morgan fingerprint density at radius 1 is 1.20 bits per heavy atom. The van der Waals surface area contributed by atoms with E-state index >= 15 is 0 Å². The second kappa shape index (κ2) is 9.65. The summed E-state index contributed by atoms with van der Waals surface area (Å²) in [6, 6.07) is 0. The first-order valence-corrected chi connectivity index (χ1v) is 5.50. The summed E-state index contributed by atoms with van der Waals surface area (Å²) in [5.74, 6) is 0.166. The number of hydrogen-bond donors (Lipinski definition) is 1. The minimum Gasteiger partial charge on any atom is -0.372 e. The zero-order valence-electron chi connectivity index (χ0n) is 9.67. The summed E-state index contributed by atoms with van der Waals surface area (Å²) in [5.41, 5.74) is 0. The van der Waals surface area contributed by atoms with E-state index in [4.69, 9.17) is 4.74 Å². The number of ether oxygens (including phenoxy) is 1. The minimum atomic E-state index is -0.0663. The maximum Gasteiger partial charge on any atom is 0.245 e. The molecule has 0 saturated carbocycles. The Balaban J connectivity index is 3.16. The maximum absolute atomic E-state index is 11.1. The monoisotopic (exact) mass is 215 g/mol. The number of hydrogen-bond acceptors (Lipinski definition) is 3. The third-order valence-electron chi connectivity index (χ3n) is 1.97. The number of carbonyl (C=O) groups excluding carboxylic acids is 2. The van der Waals surface area contributed by atoms with Gasteiger partial charge in [0.1, 0.15) is 12.4 Å². The van der Waals surface area contributed by atoms with Crippen LogP contribution in [-0.2, 0) is 14.3 Å². The fraction of sp³-hybridized carbons (Fsp3) is 0.818. The zero-order chi connectivity index (χ0) is 11.5. The fourth-order valence-corrected chi connectivity index (χ4v) is 1.15. The third kappa shape index (κ3) is 11.0. The molecule has 0 aliphatic rings. The zero-order valence-corrected chi connectivity index (χ0v) is 9.67. The van der Waals surface area contributed by atoms with Crippen LogP contribution in [0.15, 0.2) is 0 Å². The Bertz CT molecular complexity index is 192. The molecule has 0 heterocycles. The standard InChI is InChI=1S/C11H21NO3/c1-3-15-9-11(14)12-8-6-4-5-7-10(2)13/h3-9H2,1-2H3,(H,12,14). The van der Waals surface area contributed by atoms with Gasteiger partial charge in [-0.05, 0) is 26.7 Å². The van der Waals surface area contributed by atoms with E-state index in [1.807, 2.05) is 6.92 Å². The normalized spacial score (nSPS) is 10.0. The van der Waals surface area contributed by atoms with E-state index in [2.05, 4.69) is 5.32 Å². The lowest BCUT2D eigenvalue weighted by Gasteiger charge is -2.04. The molecule has 1 amide bonds. The van der Waals surface area contributed by atoms with E-state index < -0.39 is 0 Å². The number of rotatable bonds is 9. The third-order valence-corrected chi connectivity index (χ3v) is 1.97. The molecule has 88 valence electrons. The highest BCUT2D eigenvalue weighted by Crippen LogP contribution is 1.99. The number of amides is 1. The van der Waals surface area contributed by atoms with Crippen LogP contribution in [0, 0.1) is 0 Å². The van der Waals surface area contributed by atoms with Crippen LogP contribution in [-0.4, -0.2) is 31.4 Å².